The Morgan fingerprint density at radius 2 is 2.22 bits per heavy atom. The fraction of sp³-hybridized carbons (Fsp3) is 0.727. The van der Waals surface area contributed by atoms with Crippen LogP contribution in [0.3, 0.4) is 0 Å². The monoisotopic (exact) mass is 275 g/mol. The second-order valence-electron chi connectivity index (χ2n) is 4.87. The molecule has 0 saturated carbocycles. The Morgan fingerprint density at radius 1 is 1.44 bits per heavy atom. The molecule has 0 radical (unpaired) electrons. The number of aliphatic hydroxyl groups excluding tert-OH is 1. The lowest BCUT2D eigenvalue weighted by Crippen LogP contribution is -2.31. The predicted molar refractivity (Wildman–Crippen MR) is 59.7 cm³/mol. The largest absolute Gasteiger partial charge is 0.387 e. The normalized spacial score (nSPS) is 38.0. The van der Waals surface area contributed by atoms with E-state index in [-0.39, 0.29) is 5.88 Å². The second-order valence-corrected chi connectivity index (χ2v) is 5.13. The van der Waals surface area contributed by atoms with Gasteiger partial charge in [0.15, 0.2) is 17.8 Å². The van der Waals surface area contributed by atoms with E-state index in [1.807, 2.05) is 0 Å². The average molecular weight is 276 g/mol. The lowest BCUT2D eigenvalue weighted by Gasteiger charge is -2.21. The summed E-state index contributed by atoms with van der Waals surface area (Å²) < 4.78 is 21.7. The van der Waals surface area contributed by atoms with Crippen LogP contribution in [0.5, 0.6) is 0 Å². The van der Waals surface area contributed by atoms with Gasteiger partial charge in [0.1, 0.15) is 24.0 Å². The van der Waals surface area contributed by atoms with Gasteiger partial charge in [-0.15, -0.1) is 11.6 Å². The lowest BCUT2D eigenvalue weighted by atomic mass is 10.1. The van der Waals surface area contributed by atoms with Crippen LogP contribution in [0.15, 0.2) is 10.6 Å². The van der Waals surface area contributed by atoms with Gasteiger partial charge in [-0.2, -0.15) is 0 Å². The molecule has 0 amide bonds. The minimum atomic E-state index is -0.843. The van der Waals surface area contributed by atoms with Crippen LogP contribution in [-0.2, 0) is 20.1 Å². The van der Waals surface area contributed by atoms with Crippen molar-refractivity contribution < 1.29 is 23.8 Å². The highest BCUT2D eigenvalue weighted by Gasteiger charge is 2.55. The van der Waals surface area contributed by atoms with Crippen LogP contribution in [0.4, 0.5) is 0 Å². The first-order valence-corrected chi connectivity index (χ1v) is 6.24. The van der Waals surface area contributed by atoms with Gasteiger partial charge in [-0.25, -0.2) is 0 Å². The number of rotatable bonds is 2. The van der Waals surface area contributed by atoms with Crippen LogP contribution in [0, 0.1) is 0 Å². The minimum Gasteiger partial charge on any atom is -0.387 e. The van der Waals surface area contributed by atoms with Crippen molar-refractivity contribution in [2.45, 2.75) is 50.1 Å². The summed E-state index contributed by atoms with van der Waals surface area (Å²) in [6.45, 7) is 3.55. The van der Waals surface area contributed by atoms with Crippen molar-refractivity contribution >= 4 is 11.6 Å². The van der Waals surface area contributed by atoms with Crippen LogP contribution in [0.2, 0.25) is 0 Å². The number of nitrogens with zero attached hydrogens (tertiary/aromatic N) is 1. The Balaban J connectivity index is 1.78. The number of ether oxygens (including phenoxy) is 3. The summed E-state index contributed by atoms with van der Waals surface area (Å²) in [6, 6.07) is 1.66. The maximum absolute atomic E-state index is 10.2. The summed E-state index contributed by atoms with van der Waals surface area (Å²) in [7, 11) is 0. The molecule has 18 heavy (non-hydrogen) atoms. The Labute approximate surface area is 109 Å². The zero-order valence-electron chi connectivity index (χ0n) is 10.00. The highest BCUT2D eigenvalue weighted by atomic mass is 35.5. The van der Waals surface area contributed by atoms with Gasteiger partial charge >= 0.3 is 0 Å². The SMILES string of the molecule is CC1(C)O[C@H]2OC(c3cc(CCl)on3)[C@@H](O)[C@@H]2O1. The van der Waals surface area contributed by atoms with E-state index in [0.29, 0.717) is 11.5 Å². The predicted octanol–water partition coefficient (Wildman–Crippen LogP) is 1.32. The lowest BCUT2D eigenvalue weighted by molar-refractivity contribution is -0.216. The molecule has 100 valence electrons. The zero-order valence-corrected chi connectivity index (χ0v) is 10.8. The van der Waals surface area contributed by atoms with E-state index in [9.17, 15) is 5.11 Å². The second kappa shape index (κ2) is 4.18. The van der Waals surface area contributed by atoms with Gasteiger partial charge in [0.25, 0.3) is 0 Å². The smallest absolute Gasteiger partial charge is 0.190 e. The molecule has 0 aliphatic carbocycles. The van der Waals surface area contributed by atoms with Crippen LogP contribution in [0.25, 0.3) is 0 Å². The summed E-state index contributed by atoms with van der Waals surface area (Å²) in [6.07, 6.45) is -2.56. The number of alkyl halides is 1. The first kappa shape index (κ1) is 12.4. The highest BCUT2D eigenvalue weighted by molar-refractivity contribution is 6.16. The van der Waals surface area contributed by atoms with E-state index in [2.05, 4.69) is 5.16 Å². The molecule has 2 fully saturated rings. The van der Waals surface area contributed by atoms with Gasteiger partial charge in [-0.1, -0.05) is 5.16 Å². The van der Waals surface area contributed by atoms with E-state index in [0.717, 1.165) is 0 Å². The molecule has 1 N–H and O–H groups in total. The molecule has 3 rings (SSSR count). The fourth-order valence-electron chi connectivity index (χ4n) is 2.26. The van der Waals surface area contributed by atoms with E-state index >= 15 is 0 Å². The molecular weight excluding hydrogens is 262 g/mol. The molecule has 4 atom stereocenters. The third-order valence-corrected chi connectivity index (χ3v) is 3.28. The van der Waals surface area contributed by atoms with Gasteiger partial charge in [0.05, 0.1) is 5.88 Å². The molecule has 1 unspecified atom stereocenters. The molecule has 2 saturated heterocycles. The Hall–Kier alpha value is -0.660. The van der Waals surface area contributed by atoms with Crippen molar-refractivity contribution in [1.82, 2.24) is 5.16 Å². The van der Waals surface area contributed by atoms with Crippen molar-refractivity contribution in [2.24, 2.45) is 0 Å². The van der Waals surface area contributed by atoms with E-state index in [1.54, 1.807) is 19.9 Å². The first-order valence-electron chi connectivity index (χ1n) is 5.71. The van der Waals surface area contributed by atoms with E-state index in [1.165, 1.54) is 0 Å². The van der Waals surface area contributed by atoms with Crippen molar-refractivity contribution in [1.29, 1.82) is 0 Å². The Kier molecular flexibility index (Phi) is 2.87. The summed E-state index contributed by atoms with van der Waals surface area (Å²) in [5, 5.41) is 14.0. The average Bonchev–Trinajstić information content (AvgIpc) is 2.94. The van der Waals surface area contributed by atoms with Gasteiger partial charge < -0.3 is 23.8 Å². The number of halogens is 1. The first-order chi connectivity index (χ1) is 8.50. The van der Waals surface area contributed by atoms with E-state index in [4.69, 9.17) is 30.3 Å². The third-order valence-electron chi connectivity index (χ3n) is 3.02. The van der Waals surface area contributed by atoms with Crippen LogP contribution in [0.1, 0.15) is 31.4 Å². The number of hydrogen-bond acceptors (Lipinski definition) is 6. The molecule has 7 heteroatoms. The third kappa shape index (κ3) is 1.94. The van der Waals surface area contributed by atoms with Crippen molar-refractivity contribution in [3.63, 3.8) is 0 Å². The molecule has 1 aromatic heterocycles. The minimum absolute atomic E-state index is 0.225. The maximum atomic E-state index is 10.2. The van der Waals surface area contributed by atoms with Crippen molar-refractivity contribution in [2.75, 3.05) is 0 Å². The van der Waals surface area contributed by atoms with E-state index < -0.39 is 30.4 Å². The zero-order chi connectivity index (χ0) is 12.9. The van der Waals surface area contributed by atoms with Crippen LogP contribution >= 0.6 is 11.6 Å². The summed E-state index contributed by atoms with van der Waals surface area (Å²) in [4.78, 5) is 0. The standard InChI is InChI=1S/C11H14ClNO5/c1-11(2)16-9-7(14)8(15-10(9)17-11)6-3-5(4-12)18-13-6/h3,7-10,14H,4H2,1-2H3/t7-,8?,9+,10-/m1/s1. The number of aromatic nitrogens is 1. The molecular formula is C11H14ClNO5. The van der Waals surface area contributed by atoms with Crippen molar-refractivity contribution in [3.8, 4) is 0 Å². The Morgan fingerprint density at radius 3 is 2.83 bits per heavy atom. The van der Waals surface area contributed by atoms with Crippen molar-refractivity contribution in [3.05, 3.63) is 17.5 Å². The van der Waals surface area contributed by atoms with Gasteiger partial charge in [0, 0.05) is 6.07 Å². The molecule has 2 aliphatic heterocycles. The number of fused-ring (bicyclic) bond motifs is 1. The van der Waals surface area contributed by atoms with Gasteiger partial charge in [0.2, 0.25) is 0 Å². The molecule has 6 nitrogen and oxygen atoms in total. The summed E-state index contributed by atoms with van der Waals surface area (Å²) in [5.41, 5.74) is 0.498. The summed E-state index contributed by atoms with van der Waals surface area (Å²) >= 11 is 5.63. The molecule has 2 aliphatic rings. The number of aliphatic hydroxyl groups is 1. The molecule has 3 heterocycles. The molecule has 0 spiro atoms. The van der Waals surface area contributed by atoms with Gasteiger partial charge in [-0.05, 0) is 13.8 Å². The Bertz CT molecular complexity index is 448. The molecule has 1 aromatic rings. The topological polar surface area (TPSA) is 74.0 Å². The fourth-order valence-corrected chi connectivity index (χ4v) is 2.39. The summed E-state index contributed by atoms with van der Waals surface area (Å²) in [5.74, 6) is 0.0106. The number of hydrogen-bond donors (Lipinski definition) is 1. The quantitative estimate of drug-likeness (QED) is 0.821. The maximum Gasteiger partial charge on any atom is 0.190 e. The molecule has 0 bridgehead atoms. The van der Waals surface area contributed by atoms with Gasteiger partial charge in [-0.3, -0.25) is 0 Å². The van der Waals surface area contributed by atoms with Crippen LogP contribution in [-0.4, -0.2) is 34.5 Å². The van der Waals surface area contributed by atoms with Crippen LogP contribution < -0.4 is 0 Å². The highest BCUT2D eigenvalue weighted by Crippen LogP contribution is 2.42. The molecule has 0 aromatic carbocycles.